The van der Waals surface area contributed by atoms with Gasteiger partial charge in [-0.25, -0.2) is 9.97 Å². The van der Waals surface area contributed by atoms with Crippen LogP contribution in [-0.4, -0.2) is 21.6 Å². The summed E-state index contributed by atoms with van der Waals surface area (Å²) in [5.41, 5.74) is 8.87. The lowest BCUT2D eigenvalue weighted by atomic mass is 10.1. The van der Waals surface area contributed by atoms with Crippen molar-refractivity contribution in [2.24, 2.45) is 0 Å². The third-order valence-electron chi connectivity index (χ3n) is 3.41. The topological polar surface area (TPSA) is 80.9 Å². The van der Waals surface area contributed by atoms with Gasteiger partial charge in [0.05, 0.1) is 11.1 Å². The van der Waals surface area contributed by atoms with Crippen LogP contribution in [0.25, 0.3) is 10.2 Å². The number of carbonyl (C=O) groups is 1. The fourth-order valence-electron chi connectivity index (χ4n) is 2.24. The summed E-state index contributed by atoms with van der Waals surface area (Å²) in [5, 5.41) is 6.26. The molecule has 118 valence electrons. The number of fused-ring (bicyclic) bond motifs is 1. The van der Waals surface area contributed by atoms with Gasteiger partial charge in [0.15, 0.2) is 5.16 Å². The van der Waals surface area contributed by atoms with E-state index in [1.54, 1.807) is 0 Å². The Hall–Kier alpha value is -2.12. The molecule has 1 aromatic carbocycles. The van der Waals surface area contributed by atoms with Gasteiger partial charge in [-0.15, -0.1) is 11.3 Å². The lowest BCUT2D eigenvalue weighted by Gasteiger charge is -2.11. The number of carbonyl (C=O) groups excluding carboxylic acids is 1. The third kappa shape index (κ3) is 3.46. The number of nitrogens with one attached hydrogen (secondary N) is 1. The molecule has 0 aliphatic carbocycles. The van der Waals surface area contributed by atoms with E-state index >= 15 is 0 Å². The molecule has 0 saturated carbocycles. The molecule has 0 fully saturated rings. The summed E-state index contributed by atoms with van der Waals surface area (Å²) in [6.07, 6.45) is 0. The highest BCUT2D eigenvalue weighted by Crippen LogP contribution is 2.26. The number of thioether (sulfide) groups is 1. The van der Waals surface area contributed by atoms with Gasteiger partial charge in [-0.1, -0.05) is 30.0 Å². The van der Waals surface area contributed by atoms with Crippen molar-refractivity contribution in [1.29, 1.82) is 0 Å². The summed E-state index contributed by atoms with van der Waals surface area (Å²) < 4.78 is 0. The highest BCUT2D eigenvalue weighted by molar-refractivity contribution is 7.99. The highest BCUT2D eigenvalue weighted by Gasteiger charge is 2.11. The molecule has 7 heteroatoms. The first-order valence-electron chi connectivity index (χ1n) is 7.04. The minimum atomic E-state index is -0.0825. The minimum Gasteiger partial charge on any atom is -0.383 e. The average Bonchev–Trinajstić information content (AvgIpc) is 2.98. The number of amides is 1. The van der Waals surface area contributed by atoms with Gasteiger partial charge < -0.3 is 11.1 Å². The molecule has 3 rings (SSSR count). The van der Waals surface area contributed by atoms with Gasteiger partial charge in [0, 0.05) is 5.69 Å². The van der Waals surface area contributed by atoms with Crippen LogP contribution >= 0.6 is 23.1 Å². The van der Waals surface area contributed by atoms with Gasteiger partial charge in [-0.3, -0.25) is 4.79 Å². The molecule has 23 heavy (non-hydrogen) atoms. The Bertz CT molecular complexity index is 855. The van der Waals surface area contributed by atoms with E-state index in [0.29, 0.717) is 11.0 Å². The molecule has 2 aromatic heterocycles. The number of nitrogens with two attached hydrogens (primary N) is 1. The average molecular weight is 344 g/mol. The van der Waals surface area contributed by atoms with Crippen molar-refractivity contribution in [3.63, 3.8) is 0 Å². The molecule has 0 aliphatic rings. The van der Waals surface area contributed by atoms with Gasteiger partial charge >= 0.3 is 0 Å². The first kappa shape index (κ1) is 15.8. The second kappa shape index (κ2) is 6.55. The number of aromatic nitrogens is 2. The van der Waals surface area contributed by atoms with Crippen molar-refractivity contribution >= 4 is 50.7 Å². The molecule has 3 N–H and O–H groups in total. The van der Waals surface area contributed by atoms with Crippen molar-refractivity contribution < 1.29 is 4.79 Å². The van der Waals surface area contributed by atoms with Crippen LogP contribution in [0.5, 0.6) is 0 Å². The van der Waals surface area contributed by atoms with Crippen LogP contribution in [0, 0.1) is 13.8 Å². The number of thiophene rings is 1. The van der Waals surface area contributed by atoms with Crippen LogP contribution in [0.1, 0.15) is 11.1 Å². The van der Waals surface area contributed by atoms with Crippen LogP contribution in [-0.2, 0) is 4.79 Å². The Morgan fingerprint density at radius 2 is 2.00 bits per heavy atom. The van der Waals surface area contributed by atoms with Crippen molar-refractivity contribution in [1.82, 2.24) is 9.97 Å². The number of rotatable bonds is 4. The smallest absolute Gasteiger partial charge is 0.234 e. The summed E-state index contributed by atoms with van der Waals surface area (Å²) in [5.74, 6) is 0.610. The Morgan fingerprint density at radius 3 is 2.74 bits per heavy atom. The first-order valence-corrected chi connectivity index (χ1v) is 8.90. The van der Waals surface area contributed by atoms with E-state index in [4.69, 9.17) is 5.73 Å². The number of anilines is 2. The molecule has 1 amide bonds. The number of aryl methyl sites for hydroxylation is 2. The molecule has 5 nitrogen and oxygen atoms in total. The second-order valence-corrected chi connectivity index (χ2v) is 6.97. The fraction of sp³-hybridized carbons (Fsp3) is 0.188. The van der Waals surface area contributed by atoms with E-state index in [1.807, 2.05) is 43.5 Å². The Morgan fingerprint density at radius 1 is 1.26 bits per heavy atom. The molecular formula is C16H16N4OS2. The van der Waals surface area contributed by atoms with E-state index in [0.717, 1.165) is 27.0 Å². The van der Waals surface area contributed by atoms with Gasteiger partial charge in [0.2, 0.25) is 5.91 Å². The standard InChI is InChI=1S/C16H16N4OS2/c1-9-4-3-5-10(2)13(9)18-12(21)8-23-16-19-14(17)11-6-7-22-15(11)20-16/h3-7H,8H2,1-2H3,(H,18,21)(H2,17,19,20). The number of hydrogen-bond donors (Lipinski definition) is 2. The van der Waals surface area contributed by atoms with E-state index < -0.39 is 0 Å². The summed E-state index contributed by atoms with van der Waals surface area (Å²) in [4.78, 5) is 21.7. The lowest BCUT2D eigenvalue weighted by Crippen LogP contribution is -2.16. The molecule has 0 unspecified atom stereocenters. The Labute approximate surface area is 142 Å². The Balaban J connectivity index is 1.68. The van der Waals surface area contributed by atoms with Crippen molar-refractivity contribution in [2.45, 2.75) is 19.0 Å². The molecule has 0 bridgehead atoms. The quantitative estimate of drug-likeness (QED) is 0.558. The molecule has 0 aliphatic heterocycles. The zero-order valence-electron chi connectivity index (χ0n) is 12.8. The van der Waals surface area contributed by atoms with Gasteiger partial charge in [0.1, 0.15) is 10.6 Å². The van der Waals surface area contributed by atoms with E-state index in [2.05, 4.69) is 15.3 Å². The predicted octanol–water partition coefficient (Wildman–Crippen LogP) is 3.62. The van der Waals surface area contributed by atoms with Crippen molar-refractivity contribution in [3.8, 4) is 0 Å². The molecule has 0 atom stereocenters. The monoisotopic (exact) mass is 344 g/mol. The van der Waals surface area contributed by atoms with Crippen molar-refractivity contribution in [3.05, 3.63) is 40.8 Å². The molecule has 0 saturated heterocycles. The predicted molar refractivity (Wildman–Crippen MR) is 97.1 cm³/mol. The minimum absolute atomic E-state index is 0.0825. The third-order valence-corrected chi connectivity index (χ3v) is 5.07. The van der Waals surface area contributed by atoms with Gasteiger partial charge in [0.25, 0.3) is 0 Å². The van der Waals surface area contributed by atoms with Crippen molar-refractivity contribution in [2.75, 3.05) is 16.8 Å². The Kier molecular flexibility index (Phi) is 4.49. The molecule has 0 radical (unpaired) electrons. The largest absolute Gasteiger partial charge is 0.383 e. The molecule has 0 spiro atoms. The number of nitrogens with zero attached hydrogens (tertiary/aromatic N) is 2. The van der Waals surface area contributed by atoms with Crippen LogP contribution in [0.3, 0.4) is 0 Å². The fourth-order valence-corrected chi connectivity index (χ4v) is 3.72. The maximum Gasteiger partial charge on any atom is 0.234 e. The zero-order valence-corrected chi connectivity index (χ0v) is 14.4. The zero-order chi connectivity index (χ0) is 16.4. The summed E-state index contributed by atoms with van der Waals surface area (Å²) in [6, 6.07) is 7.83. The maximum absolute atomic E-state index is 12.2. The number of para-hydroxylation sites is 1. The van der Waals surface area contributed by atoms with Crippen LogP contribution in [0.4, 0.5) is 11.5 Å². The molecular weight excluding hydrogens is 328 g/mol. The summed E-state index contributed by atoms with van der Waals surface area (Å²) in [6.45, 7) is 3.95. The lowest BCUT2D eigenvalue weighted by molar-refractivity contribution is -0.113. The summed E-state index contributed by atoms with van der Waals surface area (Å²) in [7, 11) is 0. The normalized spacial score (nSPS) is 10.9. The number of nitrogen functional groups attached to an aromatic ring is 1. The summed E-state index contributed by atoms with van der Waals surface area (Å²) >= 11 is 2.80. The molecule has 2 heterocycles. The molecule has 3 aromatic rings. The number of hydrogen-bond acceptors (Lipinski definition) is 6. The van der Waals surface area contributed by atoms with Gasteiger partial charge in [-0.2, -0.15) is 0 Å². The maximum atomic E-state index is 12.2. The van der Waals surface area contributed by atoms with Crippen LogP contribution in [0.2, 0.25) is 0 Å². The highest BCUT2D eigenvalue weighted by atomic mass is 32.2. The first-order chi connectivity index (χ1) is 11.0. The van der Waals surface area contributed by atoms with Crippen LogP contribution in [0.15, 0.2) is 34.8 Å². The second-order valence-electron chi connectivity index (χ2n) is 5.13. The number of benzene rings is 1. The van der Waals surface area contributed by atoms with E-state index in [9.17, 15) is 4.79 Å². The SMILES string of the molecule is Cc1cccc(C)c1NC(=O)CSc1nc(N)c2ccsc2n1. The van der Waals surface area contributed by atoms with Gasteiger partial charge in [-0.05, 0) is 36.4 Å². The van der Waals surface area contributed by atoms with E-state index in [1.165, 1.54) is 23.1 Å². The van der Waals surface area contributed by atoms with E-state index in [-0.39, 0.29) is 11.7 Å². The van der Waals surface area contributed by atoms with Crippen LogP contribution < -0.4 is 11.1 Å².